The first-order chi connectivity index (χ1) is 13.2. The summed E-state index contributed by atoms with van der Waals surface area (Å²) in [6, 6.07) is 9.35. The van der Waals surface area contributed by atoms with E-state index in [0.717, 1.165) is 12.3 Å². The summed E-state index contributed by atoms with van der Waals surface area (Å²) in [6.45, 7) is 0.329. The van der Waals surface area contributed by atoms with Crippen LogP contribution in [0.25, 0.3) is 11.5 Å². The van der Waals surface area contributed by atoms with Gasteiger partial charge in [-0.05, 0) is 30.3 Å². The van der Waals surface area contributed by atoms with Gasteiger partial charge in [0.25, 0.3) is 5.69 Å². The Balaban J connectivity index is 1.70. The molecule has 0 bridgehead atoms. The minimum atomic E-state index is -3.65. The lowest BCUT2D eigenvalue weighted by molar-refractivity contribution is -0.385. The van der Waals surface area contributed by atoms with E-state index in [-0.39, 0.29) is 22.1 Å². The Bertz CT molecular complexity index is 1110. The molecular weight excluding hydrogens is 389 g/mol. The predicted octanol–water partition coefficient (Wildman–Crippen LogP) is 3.45. The van der Waals surface area contributed by atoms with E-state index in [4.69, 9.17) is 4.42 Å². The summed E-state index contributed by atoms with van der Waals surface area (Å²) in [7, 11) is -3.65. The topological polar surface area (TPSA) is 115 Å². The highest BCUT2D eigenvalue weighted by Crippen LogP contribution is 2.26. The average molecular weight is 405 g/mol. The Morgan fingerprint density at radius 2 is 1.93 bits per heavy atom. The number of hydrogen-bond acceptors (Lipinski definition) is 7. The number of nitrogens with one attached hydrogen (secondary N) is 1. The van der Waals surface area contributed by atoms with Gasteiger partial charge in [0, 0.05) is 36.9 Å². The number of nitro groups is 1. The van der Waals surface area contributed by atoms with E-state index < -0.39 is 14.8 Å². The van der Waals surface area contributed by atoms with Gasteiger partial charge in [-0.3, -0.25) is 10.1 Å². The van der Waals surface area contributed by atoms with Crippen LogP contribution in [0.2, 0.25) is 0 Å². The van der Waals surface area contributed by atoms with Gasteiger partial charge in [0.05, 0.1) is 21.2 Å². The van der Waals surface area contributed by atoms with E-state index in [2.05, 4.69) is 10.3 Å². The van der Waals surface area contributed by atoms with Gasteiger partial charge in [-0.25, -0.2) is 17.8 Å². The molecule has 2 aromatic carbocycles. The third-order valence-electron chi connectivity index (χ3n) is 3.91. The summed E-state index contributed by atoms with van der Waals surface area (Å²) < 4.78 is 42.2. The van der Waals surface area contributed by atoms with Crippen molar-refractivity contribution in [2.24, 2.45) is 0 Å². The molecule has 0 saturated carbocycles. The number of aromatic nitrogens is 1. The zero-order valence-corrected chi connectivity index (χ0v) is 15.6. The van der Waals surface area contributed by atoms with Crippen molar-refractivity contribution in [3.8, 4) is 11.5 Å². The summed E-state index contributed by atoms with van der Waals surface area (Å²) in [5.41, 5.74) is 1.23. The van der Waals surface area contributed by atoms with E-state index >= 15 is 0 Å². The lowest BCUT2D eigenvalue weighted by Crippen LogP contribution is -2.10. The summed E-state index contributed by atoms with van der Waals surface area (Å²) >= 11 is 0. The van der Waals surface area contributed by atoms with Crippen LogP contribution in [-0.2, 0) is 16.3 Å². The Hall–Kier alpha value is -3.27. The first kappa shape index (κ1) is 19.5. The minimum absolute atomic E-state index is 0.145. The molecule has 0 aliphatic rings. The predicted molar refractivity (Wildman–Crippen MR) is 100 cm³/mol. The van der Waals surface area contributed by atoms with Crippen molar-refractivity contribution < 1.29 is 22.1 Å². The Labute approximate surface area is 160 Å². The van der Waals surface area contributed by atoms with Gasteiger partial charge in [0.2, 0.25) is 5.89 Å². The second kappa shape index (κ2) is 7.77. The van der Waals surface area contributed by atoms with Crippen LogP contribution < -0.4 is 5.32 Å². The third kappa shape index (κ3) is 4.52. The van der Waals surface area contributed by atoms with Crippen LogP contribution in [0, 0.1) is 15.9 Å². The number of non-ortho nitro benzene ring substituents is 1. The molecule has 1 heterocycles. The van der Waals surface area contributed by atoms with E-state index in [1.165, 1.54) is 30.5 Å². The molecule has 0 saturated heterocycles. The summed E-state index contributed by atoms with van der Waals surface area (Å²) in [5.74, 6) is -0.00771. The summed E-state index contributed by atoms with van der Waals surface area (Å²) in [5, 5.41) is 13.8. The third-order valence-corrected chi connectivity index (χ3v) is 5.05. The van der Waals surface area contributed by atoms with Crippen LogP contribution in [0.5, 0.6) is 0 Å². The number of rotatable bonds is 7. The second-order valence-corrected chi connectivity index (χ2v) is 8.02. The molecular formula is C18H16FN3O5S. The summed E-state index contributed by atoms with van der Waals surface area (Å²) in [4.78, 5) is 14.4. The number of nitrogens with zero attached hydrogens (tertiary/aromatic N) is 2. The molecule has 28 heavy (non-hydrogen) atoms. The number of oxazole rings is 1. The average Bonchev–Trinajstić information content (AvgIpc) is 3.10. The van der Waals surface area contributed by atoms with Crippen molar-refractivity contribution in [2.75, 3.05) is 18.1 Å². The molecule has 146 valence electrons. The van der Waals surface area contributed by atoms with E-state index in [1.807, 2.05) is 0 Å². The fraction of sp³-hybridized carbons (Fsp3) is 0.167. The van der Waals surface area contributed by atoms with Crippen molar-refractivity contribution in [1.82, 2.24) is 4.98 Å². The van der Waals surface area contributed by atoms with Crippen molar-refractivity contribution in [3.63, 3.8) is 0 Å². The van der Waals surface area contributed by atoms with Gasteiger partial charge in [-0.15, -0.1) is 0 Å². The molecule has 0 unspecified atom stereocenters. The SMILES string of the molecule is CS(=O)(=O)c1cc([N+](=O)[O-])ccc1NCCc1coc(-c2ccc(F)cc2)n1. The fourth-order valence-electron chi connectivity index (χ4n) is 2.55. The van der Waals surface area contributed by atoms with Crippen LogP contribution in [0.15, 0.2) is 58.0 Å². The van der Waals surface area contributed by atoms with Crippen molar-refractivity contribution in [1.29, 1.82) is 0 Å². The Morgan fingerprint density at radius 3 is 2.57 bits per heavy atom. The normalized spacial score (nSPS) is 11.4. The van der Waals surface area contributed by atoms with Crippen LogP contribution in [0.4, 0.5) is 15.8 Å². The second-order valence-electron chi connectivity index (χ2n) is 6.04. The Kier molecular flexibility index (Phi) is 5.41. The Morgan fingerprint density at radius 1 is 1.21 bits per heavy atom. The molecule has 1 aromatic heterocycles. The zero-order chi connectivity index (χ0) is 20.3. The molecule has 0 spiro atoms. The number of halogens is 1. The molecule has 3 aromatic rings. The minimum Gasteiger partial charge on any atom is -0.444 e. The largest absolute Gasteiger partial charge is 0.444 e. The first-order valence-electron chi connectivity index (χ1n) is 8.17. The van der Waals surface area contributed by atoms with Crippen LogP contribution in [0.1, 0.15) is 5.69 Å². The number of hydrogen-bond donors (Lipinski definition) is 1. The van der Waals surface area contributed by atoms with Crippen molar-refractivity contribution in [3.05, 3.63) is 70.4 Å². The van der Waals surface area contributed by atoms with Gasteiger partial charge in [-0.1, -0.05) is 0 Å². The maximum atomic E-state index is 13.0. The quantitative estimate of drug-likeness (QED) is 0.473. The van der Waals surface area contributed by atoms with Gasteiger partial charge >= 0.3 is 0 Å². The molecule has 1 N–H and O–H groups in total. The number of anilines is 1. The maximum Gasteiger partial charge on any atom is 0.270 e. The van der Waals surface area contributed by atoms with Crippen LogP contribution in [0.3, 0.4) is 0 Å². The van der Waals surface area contributed by atoms with Gasteiger partial charge in [-0.2, -0.15) is 0 Å². The van der Waals surface area contributed by atoms with Crippen LogP contribution >= 0.6 is 0 Å². The molecule has 0 amide bonds. The molecule has 3 rings (SSSR count). The standard InChI is InChI=1S/C18H16FN3O5S/c1-28(25,26)17-10-15(22(23)24)6-7-16(17)20-9-8-14-11-27-18(21-14)12-2-4-13(19)5-3-12/h2-7,10-11,20H,8-9H2,1H3. The van der Waals surface area contributed by atoms with E-state index in [1.54, 1.807) is 12.1 Å². The molecule has 0 fully saturated rings. The highest BCUT2D eigenvalue weighted by atomic mass is 32.2. The van der Waals surface area contributed by atoms with E-state index in [9.17, 15) is 22.9 Å². The molecule has 0 aliphatic carbocycles. The van der Waals surface area contributed by atoms with Gasteiger partial charge in [0.15, 0.2) is 9.84 Å². The molecule has 8 nitrogen and oxygen atoms in total. The number of benzene rings is 2. The maximum absolute atomic E-state index is 13.0. The van der Waals surface area contributed by atoms with Crippen LogP contribution in [-0.4, -0.2) is 31.1 Å². The highest BCUT2D eigenvalue weighted by Gasteiger charge is 2.18. The highest BCUT2D eigenvalue weighted by molar-refractivity contribution is 7.90. The number of sulfone groups is 1. The summed E-state index contributed by atoms with van der Waals surface area (Å²) in [6.07, 6.45) is 2.88. The van der Waals surface area contributed by atoms with E-state index in [0.29, 0.717) is 30.1 Å². The molecule has 10 heteroatoms. The van der Waals surface area contributed by atoms with Gasteiger partial charge < -0.3 is 9.73 Å². The first-order valence-corrected chi connectivity index (χ1v) is 10.1. The monoisotopic (exact) mass is 405 g/mol. The lowest BCUT2D eigenvalue weighted by Gasteiger charge is -2.10. The smallest absolute Gasteiger partial charge is 0.270 e. The number of nitro benzene ring substituents is 1. The fourth-order valence-corrected chi connectivity index (χ4v) is 3.42. The van der Waals surface area contributed by atoms with Crippen molar-refractivity contribution >= 4 is 21.2 Å². The lowest BCUT2D eigenvalue weighted by atomic mass is 10.2. The zero-order valence-electron chi connectivity index (χ0n) is 14.8. The molecule has 0 aliphatic heterocycles. The van der Waals surface area contributed by atoms with Crippen molar-refractivity contribution in [2.45, 2.75) is 11.3 Å². The van der Waals surface area contributed by atoms with Gasteiger partial charge in [0.1, 0.15) is 12.1 Å². The molecule has 0 radical (unpaired) electrons. The molecule has 0 atom stereocenters.